The van der Waals surface area contributed by atoms with E-state index in [1.165, 1.54) is 43.0 Å². The molecule has 3 rings (SSSR count). The normalized spacial score (nSPS) is 13.0. The highest BCUT2D eigenvalue weighted by Gasteiger charge is 2.20. The van der Waals surface area contributed by atoms with Gasteiger partial charge in [-0.1, -0.05) is 11.6 Å². The van der Waals surface area contributed by atoms with E-state index in [2.05, 4.69) is 9.97 Å². The first-order valence-electron chi connectivity index (χ1n) is 8.17. The molecule has 1 aromatic heterocycles. The Balaban J connectivity index is 2.25. The number of hydrogen-bond acceptors (Lipinski definition) is 5. The van der Waals surface area contributed by atoms with Crippen LogP contribution in [0.3, 0.4) is 0 Å². The van der Waals surface area contributed by atoms with Crippen molar-refractivity contribution in [3.8, 4) is 28.3 Å². The third-order valence-electron chi connectivity index (χ3n) is 3.85. The van der Waals surface area contributed by atoms with Crippen molar-refractivity contribution in [1.82, 2.24) is 9.97 Å². The standard InChI is InChI=1S/C19H17ClF2N4O2S/c1-28-15-8-13(21)3-4-14(15)18-16(22)17(25-19(23)26-18)11-5-10(6-12(20)7-11)9-29(2,24)27/h3-9H,1-2H3,(H2,24,27)(H2,23,25,26). The summed E-state index contributed by atoms with van der Waals surface area (Å²) in [5.74, 6) is -1.47. The molecular formula is C19H17ClF2N4O2S. The Bertz CT molecular complexity index is 1220. The van der Waals surface area contributed by atoms with Crippen LogP contribution < -0.4 is 15.6 Å². The summed E-state index contributed by atoms with van der Waals surface area (Å²) >= 11 is 6.13. The van der Waals surface area contributed by atoms with Gasteiger partial charge in [-0.25, -0.2) is 18.7 Å². The van der Waals surface area contributed by atoms with Gasteiger partial charge < -0.3 is 10.5 Å². The summed E-state index contributed by atoms with van der Waals surface area (Å²) in [6.45, 7) is 0. The summed E-state index contributed by atoms with van der Waals surface area (Å²) in [5, 5.41) is 7.16. The van der Waals surface area contributed by atoms with Crippen molar-refractivity contribution in [2.75, 3.05) is 19.1 Å². The summed E-state index contributed by atoms with van der Waals surface area (Å²) in [5.41, 5.74) is 6.42. The van der Waals surface area contributed by atoms with E-state index in [0.29, 0.717) is 5.56 Å². The summed E-state index contributed by atoms with van der Waals surface area (Å²) < 4.78 is 45.9. The monoisotopic (exact) mass is 438 g/mol. The van der Waals surface area contributed by atoms with E-state index in [9.17, 15) is 8.60 Å². The maximum Gasteiger partial charge on any atom is 0.221 e. The Morgan fingerprint density at radius 2 is 1.83 bits per heavy atom. The summed E-state index contributed by atoms with van der Waals surface area (Å²) in [7, 11) is -1.38. The second kappa shape index (κ2) is 7.94. The van der Waals surface area contributed by atoms with Gasteiger partial charge in [0.25, 0.3) is 0 Å². The molecule has 4 N–H and O–H groups in total. The van der Waals surface area contributed by atoms with Crippen molar-refractivity contribution >= 4 is 32.6 Å². The minimum Gasteiger partial charge on any atom is -0.496 e. The molecule has 0 saturated heterocycles. The third-order valence-corrected chi connectivity index (χ3v) is 4.81. The average molecular weight is 439 g/mol. The van der Waals surface area contributed by atoms with Gasteiger partial charge in [-0.15, -0.1) is 0 Å². The predicted octanol–water partition coefficient (Wildman–Crippen LogP) is 3.27. The maximum absolute atomic E-state index is 15.4. The highest BCUT2D eigenvalue weighted by molar-refractivity contribution is 7.98. The van der Waals surface area contributed by atoms with Crippen molar-refractivity contribution in [3.05, 3.63) is 58.6 Å². The number of nitrogens with zero attached hydrogens (tertiary/aromatic N) is 2. The Hall–Kier alpha value is -2.75. The molecule has 29 heavy (non-hydrogen) atoms. The molecule has 1 heterocycles. The van der Waals surface area contributed by atoms with Gasteiger partial charge in [-0.2, -0.15) is 0 Å². The maximum atomic E-state index is 15.4. The van der Waals surface area contributed by atoms with Gasteiger partial charge in [-0.05, 0) is 35.9 Å². The second-order valence-corrected chi connectivity index (χ2v) is 8.90. The minimum absolute atomic E-state index is 0.0851. The van der Waals surface area contributed by atoms with E-state index in [1.807, 2.05) is 0 Å². The van der Waals surface area contributed by atoms with Crippen LogP contribution in [0.2, 0.25) is 5.02 Å². The quantitative estimate of drug-likeness (QED) is 0.608. The van der Waals surface area contributed by atoms with Gasteiger partial charge in [0.2, 0.25) is 5.95 Å². The number of benzene rings is 2. The molecule has 6 nitrogen and oxygen atoms in total. The van der Waals surface area contributed by atoms with Crippen molar-refractivity contribution in [1.29, 1.82) is 0 Å². The van der Waals surface area contributed by atoms with Crippen molar-refractivity contribution in [2.45, 2.75) is 0 Å². The van der Waals surface area contributed by atoms with Crippen LogP contribution in [0.25, 0.3) is 22.5 Å². The van der Waals surface area contributed by atoms with Crippen molar-refractivity contribution in [3.63, 3.8) is 0 Å². The molecule has 1 unspecified atom stereocenters. The number of methoxy groups -OCH3 is 1. The Morgan fingerprint density at radius 1 is 1.14 bits per heavy atom. The second-order valence-electron chi connectivity index (χ2n) is 6.30. The van der Waals surface area contributed by atoms with E-state index in [4.69, 9.17) is 27.2 Å². The largest absolute Gasteiger partial charge is 0.496 e. The van der Waals surface area contributed by atoms with Crippen LogP contribution in [0.4, 0.5) is 14.7 Å². The number of aromatic nitrogens is 2. The molecule has 0 radical (unpaired) electrons. The highest BCUT2D eigenvalue weighted by Crippen LogP contribution is 2.35. The summed E-state index contributed by atoms with van der Waals surface area (Å²) in [6.07, 6.45) is 1.36. The molecule has 10 heteroatoms. The molecule has 0 aliphatic heterocycles. The van der Waals surface area contributed by atoms with Gasteiger partial charge in [0.05, 0.1) is 7.11 Å². The smallest absolute Gasteiger partial charge is 0.221 e. The van der Waals surface area contributed by atoms with E-state index in [0.717, 1.165) is 12.1 Å². The van der Waals surface area contributed by atoms with Crippen LogP contribution in [0.1, 0.15) is 5.56 Å². The van der Waals surface area contributed by atoms with Crippen LogP contribution in [-0.2, 0) is 9.71 Å². The Morgan fingerprint density at radius 3 is 2.48 bits per heavy atom. The van der Waals surface area contributed by atoms with Gasteiger partial charge in [0.1, 0.15) is 23.0 Å². The fraction of sp³-hybridized carbons (Fsp3) is 0.105. The van der Waals surface area contributed by atoms with Crippen LogP contribution in [0.15, 0.2) is 36.4 Å². The molecule has 0 aliphatic rings. The molecule has 0 fully saturated rings. The van der Waals surface area contributed by atoms with Gasteiger partial charge in [-0.3, -0.25) is 9.35 Å². The molecule has 0 spiro atoms. The number of nitrogens with two attached hydrogens (primary N) is 2. The molecule has 1 atom stereocenters. The zero-order valence-corrected chi connectivity index (χ0v) is 17.0. The van der Waals surface area contributed by atoms with E-state index < -0.39 is 21.3 Å². The van der Waals surface area contributed by atoms with Gasteiger partial charge in [0, 0.05) is 43.5 Å². The van der Waals surface area contributed by atoms with Crippen LogP contribution in [0.5, 0.6) is 5.75 Å². The Kier molecular flexibility index (Phi) is 5.74. The lowest BCUT2D eigenvalue weighted by Gasteiger charge is -2.12. The van der Waals surface area contributed by atoms with Crippen molar-refractivity contribution in [2.24, 2.45) is 5.14 Å². The van der Waals surface area contributed by atoms with Crippen LogP contribution >= 0.6 is 11.6 Å². The Labute approximate surface area is 171 Å². The zero-order chi connectivity index (χ0) is 21.3. The number of nitrogen functional groups attached to an aromatic ring is 1. The first kappa shape index (κ1) is 21.0. The molecule has 0 aliphatic carbocycles. The number of ether oxygens (including phenoxy) is 1. The number of rotatable bonds is 4. The van der Waals surface area contributed by atoms with Crippen LogP contribution in [0, 0.1) is 11.6 Å². The molecule has 0 amide bonds. The average Bonchev–Trinajstić information content (AvgIpc) is 2.61. The number of anilines is 1. The third kappa shape index (κ3) is 4.81. The first-order valence-corrected chi connectivity index (χ1v) is 10.6. The fourth-order valence-electron chi connectivity index (χ4n) is 2.78. The molecule has 0 bridgehead atoms. The first-order chi connectivity index (χ1) is 13.6. The lowest BCUT2D eigenvalue weighted by molar-refractivity contribution is 0.412. The molecule has 152 valence electrons. The predicted molar refractivity (Wildman–Crippen MR) is 112 cm³/mol. The minimum atomic E-state index is -2.71. The molecule has 3 aromatic rings. The van der Waals surface area contributed by atoms with Crippen molar-refractivity contribution < 1.29 is 17.7 Å². The molecule has 0 saturated carbocycles. The molecular weight excluding hydrogens is 422 g/mol. The van der Waals surface area contributed by atoms with Crippen LogP contribution in [-0.4, -0.2) is 32.9 Å². The van der Waals surface area contributed by atoms with E-state index >= 15 is 4.39 Å². The van der Waals surface area contributed by atoms with Gasteiger partial charge in [0.15, 0.2) is 5.82 Å². The zero-order valence-electron chi connectivity index (χ0n) is 15.4. The number of hydrogen-bond donors (Lipinski definition) is 2. The topological polar surface area (TPSA) is 104 Å². The lowest BCUT2D eigenvalue weighted by Crippen LogP contribution is -2.13. The number of halogens is 3. The van der Waals surface area contributed by atoms with Gasteiger partial charge >= 0.3 is 0 Å². The lowest BCUT2D eigenvalue weighted by atomic mass is 10.0. The fourth-order valence-corrected chi connectivity index (χ4v) is 3.70. The summed E-state index contributed by atoms with van der Waals surface area (Å²) in [4.78, 5) is 7.94. The highest BCUT2D eigenvalue weighted by atomic mass is 35.5. The van der Waals surface area contributed by atoms with E-state index in [1.54, 1.807) is 0 Å². The molecule has 2 aromatic carbocycles. The summed E-state index contributed by atoms with van der Waals surface area (Å²) in [6, 6.07) is 8.13. The SMILES string of the molecule is COc1cc(F)ccc1-c1nc(N)nc(-c2cc(Cl)cc(C=S(C)(N)=O)c2)c1F. The van der Waals surface area contributed by atoms with E-state index in [-0.39, 0.29) is 39.2 Å².